The zero-order valence-electron chi connectivity index (χ0n) is 7.51. The van der Waals surface area contributed by atoms with Gasteiger partial charge in [0.2, 0.25) is 0 Å². The normalized spacial score (nSPS) is 11.7. The van der Waals surface area contributed by atoms with E-state index < -0.39 is 0 Å². The highest BCUT2D eigenvalue weighted by molar-refractivity contribution is 7.18. The number of nitrogens with zero attached hydrogens (tertiary/aromatic N) is 1. The Hall–Kier alpha value is -0.830. The van der Waals surface area contributed by atoms with Crippen LogP contribution in [0, 0.1) is 6.92 Å². The lowest BCUT2D eigenvalue weighted by molar-refractivity contribution is 0.882. The maximum atomic E-state index is 4.01. The van der Waals surface area contributed by atoms with E-state index in [1.807, 2.05) is 17.5 Å². The quantitative estimate of drug-likeness (QED) is 0.718. The summed E-state index contributed by atoms with van der Waals surface area (Å²) in [7, 11) is 0. The van der Waals surface area contributed by atoms with Crippen molar-refractivity contribution in [2.24, 2.45) is 0 Å². The lowest BCUT2D eigenvalue weighted by Crippen LogP contribution is -1.83. The number of rotatable bonds is 1. The van der Waals surface area contributed by atoms with E-state index >= 15 is 0 Å². The van der Waals surface area contributed by atoms with Crippen molar-refractivity contribution < 1.29 is 0 Å². The highest BCUT2D eigenvalue weighted by Gasteiger charge is 2.11. The van der Waals surface area contributed by atoms with Crippen molar-refractivity contribution in [1.82, 2.24) is 10.2 Å². The average Bonchev–Trinajstić information content (AvgIpc) is 2.53. The number of hydrogen-bond acceptors (Lipinski definition) is 2. The van der Waals surface area contributed by atoms with Gasteiger partial charge in [-0.1, -0.05) is 13.8 Å². The second-order valence-corrected chi connectivity index (χ2v) is 4.41. The van der Waals surface area contributed by atoms with Crippen molar-refractivity contribution in [2.45, 2.75) is 26.7 Å². The molecule has 0 unspecified atom stereocenters. The summed E-state index contributed by atoms with van der Waals surface area (Å²) < 4.78 is 0. The van der Waals surface area contributed by atoms with Crippen molar-refractivity contribution in [3.8, 4) is 0 Å². The monoisotopic (exact) mass is 180 g/mol. The number of hydrogen-bond donors (Lipinski definition) is 1. The molecular weight excluding hydrogens is 168 g/mol. The molecule has 0 saturated carbocycles. The first-order valence-corrected chi connectivity index (χ1v) is 4.94. The van der Waals surface area contributed by atoms with Crippen LogP contribution in [0.4, 0.5) is 0 Å². The molecule has 0 aliphatic carbocycles. The molecule has 2 aromatic rings. The average molecular weight is 180 g/mol. The number of thiophene rings is 1. The molecule has 2 heterocycles. The number of aromatic nitrogens is 2. The van der Waals surface area contributed by atoms with Gasteiger partial charge in [-0.2, -0.15) is 5.10 Å². The molecule has 2 nitrogen and oxygen atoms in total. The van der Waals surface area contributed by atoms with Crippen molar-refractivity contribution in [1.29, 1.82) is 0 Å². The molecule has 0 bridgehead atoms. The Labute approximate surface area is 75.6 Å². The SMILES string of the molecule is Cc1c(C(C)C)sc2[nH]ncc12. The van der Waals surface area contributed by atoms with E-state index in [0.717, 1.165) is 0 Å². The summed E-state index contributed by atoms with van der Waals surface area (Å²) in [4.78, 5) is 2.68. The van der Waals surface area contributed by atoms with Crippen molar-refractivity contribution in [3.63, 3.8) is 0 Å². The van der Waals surface area contributed by atoms with Crippen molar-refractivity contribution in [2.75, 3.05) is 0 Å². The van der Waals surface area contributed by atoms with Gasteiger partial charge in [-0.05, 0) is 18.4 Å². The van der Waals surface area contributed by atoms with Crippen LogP contribution in [-0.4, -0.2) is 10.2 Å². The number of nitrogens with one attached hydrogen (secondary N) is 1. The highest BCUT2D eigenvalue weighted by atomic mass is 32.1. The van der Waals surface area contributed by atoms with E-state index in [2.05, 4.69) is 31.0 Å². The number of aromatic amines is 1. The highest BCUT2D eigenvalue weighted by Crippen LogP contribution is 2.33. The number of aryl methyl sites for hydroxylation is 1. The predicted molar refractivity (Wildman–Crippen MR) is 52.8 cm³/mol. The molecule has 0 aromatic carbocycles. The van der Waals surface area contributed by atoms with E-state index in [1.165, 1.54) is 20.7 Å². The second-order valence-electron chi connectivity index (χ2n) is 3.36. The zero-order chi connectivity index (χ0) is 8.72. The molecule has 0 saturated heterocycles. The van der Waals surface area contributed by atoms with Crippen LogP contribution in [0.1, 0.15) is 30.2 Å². The first-order chi connectivity index (χ1) is 5.70. The van der Waals surface area contributed by atoms with Gasteiger partial charge in [0.05, 0.1) is 6.20 Å². The van der Waals surface area contributed by atoms with E-state index in [1.54, 1.807) is 0 Å². The Morgan fingerprint density at radius 1 is 1.50 bits per heavy atom. The summed E-state index contributed by atoms with van der Waals surface area (Å²) in [5.74, 6) is 0.621. The molecule has 0 fully saturated rings. The minimum atomic E-state index is 0.621. The van der Waals surface area contributed by atoms with E-state index in [4.69, 9.17) is 0 Å². The third kappa shape index (κ3) is 0.966. The summed E-state index contributed by atoms with van der Waals surface area (Å²) in [6.45, 7) is 6.62. The molecule has 0 aliphatic heterocycles. The molecule has 0 amide bonds. The van der Waals surface area contributed by atoms with Crippen LogP contribution in [0.2, 0.25) is 0 Å². The van der Waals surface area contributed by atoms with Crippen LogP contribution in [0.25, 0.3) is 10.2 Å². The van der Waals surface area contributed by atoms with Crippen LogP contribution in [-0.2, 0) is 0 Å². The first-order valence-electron chi connectivity index (χ1n) is 4.12. The van der Waals surface area contributed by atoms with Gasteiger partial charge in [0.25, 0.3) is 0 Å². The van der Waals surface area contributed by atoms with E-state index in [0.29, 0.717) is 5.92 Å². The molecular formula is C9H12N2S. The minimum Gasteiger partial charge on any atom is -0.268 e. The third-order valence-corrected chi connectivity index (χ3v) is 3.63. The van der Waals surface area contributed by atoms with Crippen LogP contribution < -0.4 is 0 Å². The van der Waals surface area contributed by atoms with E-state index in [-0.39, 0.29) is 0 Å². The third-order valence-electron chi connectivity index (χ3n) is 2.11. The maximum Gasteiger partial charge on any atom is 0.118 e. The lowest BCUT2D eigenvalue weighted by atomic mass is 10.1. The Morgan fingerprint density at radius 3 is 2.83 bits per heavy atom. The second kappa shape index (κ2) is 2.59. The summed E-state index contributed by atoms with van der Waals surface area (Å²) >= 11 is 1.82. The fourth-order valence-electron chi connectivity index (χ4n) is 1.49. The fourth-order valence-corrected chi connectivity index (χ4v) is 2.62. The molecule has 3 heteroatoms. The molecule has 12 heavy (non-hydrogen) atoms. The van der Waals surface area contributed by atoms with Gasteiger partial charge in [0, 0.05) is 10.3 Å². The van der Waals surface area contributed by atoms with Crippen LogP contribution in [0.15, 0.2) is 6.20 Å². The van der Waals surface area contributed by atoms with Gasteiger partial charge >= 0.3 is 0 Å². The predicted octanol–water partition coefficient (Wildman–Crippen LogP) is 3.06. The number of fused-ring (bicyclic) bond motifs is 1. The van der Waals surface area contributed by atoms with Gasteiger partial charge in [-0.3, -0.25) is 5.10 Å². The molecule has 0 aliphatic rings. The molecule has 64 valence electrons. The molecule has 0 atom stereocenters. The minimum absolute atomic E-state index is 0.621. The van der Waals surface area contributed by atoms with Crippen LogP contribution >= 0.6 is 11.3 Å². The zero-order valence-corrected chi connectivity index (χ0v) is 8.33. The smallest absolute Gasteiger partial charge is 0.118 e. The Morgan fingerprint density at radius 2 is 2.25 bits per heavy atom. The molecule has 2 aromatic heterocycles. The molecule has 1 N–H and O–H groups in total. The largest absolute Gasteiger partial charge is 0.268 e. The van der Waals surface area contributed by atoms with Gasteiger partial charge < -0.3 is 0 Å². The summed E-state index contributed by atoms with van der Waals surface area (Å²) in [5, 5.41) is 8.29. The van der Waals surface area contributed by atoms with Gasteiger partial charge in [-0.15, -0.1) is 11.3 Å². The summed E-state index contributed by atoms with van der Waals surface area (Å²) in [5.41, 5.74) is 1.39. The maximum absolute atomic E-state index is 4.01. The van der Waals surface area contributed by atoms with Crippen LogP contribution in [0.3, 0.4) is 0 Å². The van der Waals surface area contributed by atoms with E-state index in [9.17, 15) is 0 Å². The van der Waals surface area contributed by atoms with Gasteiger partial charge in [0.15, 0.2) is 0 Å². The Bertz CT molecular complexity index is 397. The molecule has 0 spiro atoms. The van der Waals surface area contributed by atoms with Gasteiger partial charge in [0.1, 0.15) is 4.83 Å². The van der Waals surface area contributed by atoms with Crippen LogP contribution in [0.5, 0.6) is 0 Å². The standard InChI is InChI=1S/C9H12N2S/c1-5(2)8-6(3)7-4-10-11-9(7)12-8/h4-5H,1-3H3,(H,10,11). The Kier molecular flexibility index (Phi) is 1.68. The molecule has 2 rings (SSSR count). The fraction of sp³-hybridized carbons (Fsp3) is 0.444. The summed E-state index contributed by atoms with van der Waals surface area (Å²) in [6.07, 6.45) is 1.91. The topological polar surface area (TPSA) is 28.7 Å². The molecule has 0 radical (unpaired) electrons. The summed E-state index contributed by atoms with van der Waals surface area (Å²) in [6, 6.07) is 0. The Balaban J connectivity index is 2.70. The lowest BCUT2D eigenvalue weighted by Gasteiger charge is -2.01. The first kappa shape index (κ1) is 7.80. The van der Waals surface area contributed by atoms with Gasteiger partial charge in [-0.25, -0.2) is 0 Å². The number of H-pyrrole nitrogens is 1. The van der Waals surface area contributed by atoms with Crippen molar-refractivity contribution >= 4 is 21.6 Å². The van der Waals surface area contributed by atoms with Crippen molar-refractivity contribution in [3.05, 3.63) is 16.6 Å².